The van der Waals surface area contributed by atoms with Crippen LogP contribution in [0, 0.1) is 0 Å². The fourth-order valence-corrected chi connectivity index (χ4v) is 5.50. The first-order valence-electron chi connectivity index (χ1n) is 10.5. The van der Waals surface area contributed by atoms with E-state index in [2.05, 4.69) is 68.6 Å². The van der Waals surface area contributed by atoms with Gasteiger partial charge in [0.2, 0.25) is 5.89 Å². The molecule has 152 valence electrons. The Morgan fingerprint density at radius 3 is 2.79 bits per heavy atom. The van der Waals surface area contributed by atoms with Gasteiger partial charge in [-0.1, -0.05) is 42.4 Å². The summed E-state index contributed by atoms with van der Waals surface area (Å²) in [5.74, 6) is 1.48. The number of anilines is 1. The van der Waals surface area contributed by atoms with E-state index in [-0.39, 0.29) is 0 Å². The number of hydrogen-bond acceptors (Lipinski definition) is 7. The number of piperidine rings is 1. The van der Waals surface area contributed by atoms with Crippen LogP contribution in [0.1, 0.15) is 36.4 Å². The van der Waals surface area contributed by atoms with E-state index < -0.39 is 0 Å². The van der Waals surface area contributed by atoms with Crippen molar-refractivity contribution in [3.8, 4) is 10.4 Å². The predicted molar refractivity (Wildman–Crippen MR) is 116 cm³/mol. The monoisotopic (exact) mass is 409 g/mol. The van der Waals surface area contributed by atoms with E-state index in [4.69, 9.17) is 4.52 Å². The van der Waals surface area contributed by atoms with Crippen LogP contribution in [0.2, 0.25) is 0 Å². The molecule has 0 radical (unpaired) electrons. The minimum atomic E-state index is 0.628. The molecule has 2 aliphatic rings. The average Bonchev–Trinajstić information content (AvgIpc) is 3.42. The van der Waals surface area contributed by atoms with Gasteiger partial charge in [0, 0.05) is 28.8 Å². The van der Waals surface area contributed by atoms with Crippen molar-refractivity contribution in [3.63, 3.8) is 0 Å². The zero-order chi connectivity index (χ0) is 19.6. The SMILES string of the molecule is CCc1noc(CN2CN(C3CCNCC3)Cc3sc(-c4ccccc4)cc32)n1. The summed E-state index contributed by atoms with van der Waals surface area (Å²) in [6.07, 6.45) is 3.22. The van der Waals surface area contributed by atoms with Crippen LogP contribution in [0.5, 0.6) is 0 Å². The van der Waals surface area contributed by atoms with Gasteiger partial charge in [0.05, 0.1) is 18.9 Å². The third-order valence-corrected chi connectivity index (χ3v) is 7.02. The second-order valence-electron chi connectivity index (χ2n) is 7.81. The summed E-state index contributed by atoms with van der Waals surface area (Å²) in [5.41, 5.74) is 2.60. The first-order valence-corrected chi connectivity index (χ1v) is 11.3. The number of aromatic nitrogens is 2. The first kappa shape index (κ1) is 18.8. The van der Waals surface area contributed by atoms with Gasteiger partial charge in [-0.3, -0.25) is 4.90 Å². The van der Waals surface area contributed by atoms with Crippen molar-refractivity contribution in [3.05, 3.63) is 53.0 Å². The second-order valence-corrected chi connectivity index (χ2v) is 8.95. The van der Waals surface area contributed by atoms with Crippen LogP contribution < -0.4 is 10.2 Å². The number of nitrogens with one attached hydrogen (secondary N) is 1. The first-order chi connectivity index (χ1) is 14.3. The van der Waals surface area contributed by atoms with Gasteiger partial charge in [-0.2, -0.15) is 4.98 Å². The number of benzene rings is 1. The average molecular weight is 410 g/mol. The fourth-order valence-electron chi connectivity index (χ4n) is 4.29. The van der Waals surface area contributed by atoms with Gasteiger partial charge < -0.3 is 14.7 Å². The van der Waals surface area contributed by atoms with Crippen LogP contribution >= 0.6 is 11.3 Å². The van der Waals surface area contributed by atoms with Gasteiger partial charge in [-0.05, 0) is 37.6 Å². The molecule has 0 amide bonds. The van der Waals surface area contributed by atoms with Crippen LogP contribution in [0.25, 0.3) is 10.4 Å². The molecule has 0 bridgehead atoms. The van der Waals surface area contributed by atoms with Crippen molar-refractivity contribution < 1.29 is 4.52 Å². The van der Waals surface area contributed by atoms with Crippen molar-refractivity contribution in [1.82, 2.24) is 20.4 Å². The molecule has 1 fully saturated rings. The lowest BCUT2D eigenvalue weighted by Crippen LogP contribution is -2.49. The van der Waals surface area contributed by atoms with Crippen LogP contribution in [-0.4, -0.2) is 40.8 Å². The Hall–Kier alpha value is -2.22. The number of nitrogens with zero attached hydrogens (tertiary/aromatic N) is 4. The largest absolute Gasteiger partial charge is 0.348 e. The van der Waals surface area contributed by atoms with E-state index >= 15 is 0 Å². The van der Waals surface area contributed by atoms with Crippen LogP contribution in [0.15, 0.2) is 40.9 Å². The minimum Gasteiger partial charge on any atom is -0.348 e. The highest BCUT2D eigenvalue weighted by molar-refractivity contribution is 7.16. The topological polar surface area (TPSA) is 57.4 Å². The van der Waals surface area contributed by atoms with Crippen molar-refractivity contribution in [2.45, 2.75) is 45.3 Å². The fraction of sp³-hybridized carbons (Fsp3) is 0.455. The van der Waals surface area contributed by atoms with E-state index in [0.29, 0.717) is 18.5 Å². The Labute approximate surface area is 175 Å². The van der Waals surface area contributed by atoms with Gasteiger partial charge in [0.15, 0.2) is 5.82 Å². The number of hydrogen-bond donors (Lipinski definition) is 1. The molecule has 1 aromatic carbocycles. The van der Waals surface area contributed by atoms with Crippen molar-refractivity contribution in [2.75, 3.05) is 24.7 Å². The molecule has 0 atom stereocenters. The normalized spacial score (nSPS) is 18.2. The van der Waals surface area contributed by atoms with Crippen molar-refractivity contribution in [2.24, 2.45) is 0 Å². The highest BCUT2D eigenvalue weighted by atomic mass is 32.1. The third-order valence-electron chi connectivity index (χ3n) is 5.86. The van der Waals surface area contributed by atoms with Crippen molar-refractivity contribution in [1.29, 1.82) is 0 Å². The summed E-state index contributed by atoms with van der Waals surface area (Å²) in [5, 5.41) is 7.57. The van der Waals surface area contributed by atoms with Gasteiger partial charge >= 0.3 is 0 Å². The number of aryl methyl sites for hydroxylation is 1. The zero-order valence-electron chi connectivity index (χ0n) is 16.8. The van der Waals surface area contributed by atoms with E-state index in [9.17, 15) is 0 Å². The highest BCUT2D eigenvalue weighted by Gasteiger charge is 2.31. The number of fused-ring (bicyclic) bond motifs is 1. The maximum absolute atomic E-state index is 5.52. The van der Waals surface area contributed by atoms with E-state index in [0.717, 1.165) is 38.5 Å². The van der Waals surface area contributed by atoms with Gasteiger partial charge in [-0.15, -0.1) is 11.3 Å². The van der Waals surface area contributed by atoms with Crippen LogP contribution in [0.3, 0.4) is 0 Å². The lowest BCUT2D eigenvalue weighted by atomic mass is 10.0. The molecule has 3 aromatic rings. The molecule has 7 heteroatoms. The summed E-state index contributed by atoms with van der Waals surface area (Å²) < 4.78 is 5.52. The molecular formula is C22H27N5OS. The maximum atomic E-state index is 5.52. The molecule has 2 aliphatic heterocycles. The Morgan fingerprint density at radius 2 is 2.03 bits per heavy atom. The molecule has 2 aromatic heterocycles. The molecule has 4 heterocycles. The van der Waals surface area contributed by atoms with E-state index in [1.54, 1.807) is 0 Å². The van der Waals surface area contributed by atoms with Gasteiger partial charge in [0.25, 0.3) is 0 Å². The van der Waals surface area contributed by atoms with Crippen LogP contribution in [-0.2, 0) is 19.5 Å². The summed E-state index contributed by atoms with van der Waals surface area (Å²) >= 11 is 1.91. The number of rotatable bonds is 5. The Kier molecular flexibility index (Phi) is 5.35. The molecule has 0 saturated carbocycles. The molecular weight excluding hydrogens is 382 g/mol. The quantitative estimate of drug-likeness (QED) is 0.690. The highest BCUT2D eigenvalue weighted by Crippen LogP contribution is 2.41. The predicted octanol–water partition coefficient (Wildman–Crippen LogP) is 3.89. The molecule has 1 N–H and O–H groups in total. The maximum Gasteiger partial charge on any atom is 0.246 e. The molecule has 0 aliphatic carbocycles. The molecule has 0 unspecified atom stereocenters. The summed E-state index contributed by atoms with van der Waals surface area (Å²) in [4.78, 5) is 12.4. The summed E-state index contributed by atoms with van der Waals surface area (Å²) in [6.45, 7) is 6.86. The summed E-state index contributed by atoms with van der Waals surface area (Å²) in [6, 6.07) is 13.6. The third kappa shape index (κ3) is 3.95. The Balaban J connectivity index is 1.46. The molecule has 0 spiro atoms. The lowest BCUT2D eigenvalue weighted by Gasteiger charge is -2.41. The second kappa shape index (κ2) is 8.26. The van der Waals surface area contributed by atoms with Crippen LogP contribution in [0.4, 0.5) is 5.69 Å². The van der Waals surface area contributed by atoms with Gasteiger partial charge in [0.1, 0.15) is 0 Å². The van der Waals surface area contributed by atoms with E-state index in [1.807, 2.05) is 11.3 Å². The number of thiophene rings is 1. The smallest absolute Gasteiger partial charge is 0.246 e. The Morgan fingerprint density at radius 1 is 1.21 bits per heavy atom. The molecule has 29 heavy (non-hydrogen) atoms. The molecule has 5 rings (SSSR count). The lowest BCUT2D eigenvalue weighted by molar-refractivity contribution is 0.146. The standard InChI is InChI=1S/C22H27N5OS/c1-2-21-24-22(28-25-21)14-27-15-26(17-8-10-23-11-9-17)13-20-18(27)12-19(29-20)16-6-4-3-5-7-16/h3-7,12,17,23H,2,8-11,13-15H2,1H3. The molecule has 1 saturated heterocycles. The minimum absolute atomic E-state index is 0.628. The van der Waals surface area contributed by atoms with Crippen molar-refractivity contribution >= 4 is 17.0 Å². The van der Waals surface area contributed by atoms with E-state index in [1.165, 1.54) is 33.8 Å². The summed E-state index contributed by atoms with van der Waals surface area (Å²) in [7, 11) is 0. The Bertz CT molecular complexity index is 947. The molecule has 6 nitrogen and oxygen atoms in total. The zero-order valence-corrected chi connectivity index (χ0v) is 17.6. The van der Waals surface area contributed by atoms with Gasteiger partial charge in [-0.25, -0.2) is 0 Å².